The zero-order chi connectivity index (χ0) is 24.4. The minimum atomic E-state index is -4.68. The third-order valence-electron chi connectivity index (χ3n) is 5.45. The number of fused-ring (bicyclic) bond motifs is 1. The summed E-state index contributed by atoms with van der Waals surface area (Å²) in [6, 6.07) is 12.1. The molecular weight excluding hydrogens is 442 g/mol. The number of carboxylic acids is 1. The number of ether oxygens (including phenoxy) is 1. The molecular formula is C24H21F4NO4. The molecule has 0 aliphatic carbocycles. The first-order valence-corrected chi connectivity index (χ1v) is 10.0. The van der Waals surface area contributed by atoms with E-state index in [1.165, 1.54) is 13.0 Å². The van der Waals surface area contributed by atoms with Crippen LogP contribution >= 0.6 is 0 Å². The summed E-state index contributed by atoms with van der Waals surface area (Å²) in [7, 11) is 0. The van der Waals surface area contributed by atoms with Gasteiger partial charge >= 0.3 is 12.1 Å². The molecule has 2 N–H and O–H groups in total. The van der Waals surface area contributed by atoms with Crippen molar-refractivity contribution in [3.05, 3.63) is 77.1 Å². The monoisotopic (exact) mass is 463 g/mol. The molecule has 9 heteroatoms. The Bertz CT molecular complexity index is 1210. The van der Waals surface area contributed by atoms with Crippen molar-refractivity contribution in [2.45, 2.75) is 38.6 Å². The molecule has 3 rings (SSSR count). The van der Waals surface area contributed by atoms with Crippen molar-refractivity contribution in [1.82, 2.24) is 5.32 Å². The minimum absolute atomic E-state index is 0.0157. The van der Waals surface area contributed by atoms with E-state index in [1.54, 1.807) is 37.3 Å². The molecule has 0 aliphatic rings. The van der Waals surface area contributed by atoms with Gasteiger partial charge in [0, 0.05) is 10.9 Å². The predicted molar refractivity (Wildman–Crippen MR) is 113 cm³/mol. The summed E-state index contributed by atoms with van der Waals surface area (Å²) in [5.74, 6) is -2.96. The summed E-state index contributed by atoms with van der Waals surface area (Å²) in [5.41, 5.74) is -2.77. The number of rotatable bonds is 7. The Balaban J connectivity index is 1.98. The molecule has 3 aromatic carbocycles. The third-order valence-corrected chi connectivity index (χ3v) is 5.45. The number of carbonyl (C=O) groups is 2. The molecule has 33 heavy (non-hydrogen) atoms. The van der Waals surface area contributed by atoms with Crippen LogP contribution in [-0.4, -0.2) is 22.5 Å². The fourth-order valence-corrected chi connectivity index (χ4v) is 3.18. The van der Waals surface area contributed by atoms with Crippen molar-refractivity contribution in [2.75, 3.05) is 0 Å². The van der Waals surface area contributed by atoms with Crippen molar-refractivity contribution in [3.8, 4) is 5.75 Å². The molecule has 174 valence electrons. The standard InChI is InChI=1S/C24H21F4NO4/c1-3-23(2,22(31)32)29-21(30)18-11-9-14-6-4-5-7-17(14)20(18)33-13-15-8-10-16(12-19(15)25)24(26,27)28/h4-12H,3,13H2,1-2H3,(H,29,30)(H,31,32)/t23-/m0/s1. The van der Waals surface area contributed by atoms with E-state index in [0.717, 1.165) is 12.1 Å². The summed E-state index contributed by atoms with van der Waals surface area (Å²) in [6.45, 7) is 2.54. The smallest absolute Gasteiger partial charge is 0.416 e. The molecule has 0 saturated carbocycles. The van der Waals surface area contributed by atoms with Crippen molar-refractivity contribution in [1.29, 1.82) is 0 Å². The van der Waals surface area contributed by atoms with Crippen LogP contribution < -0.4 is 10.1 Å². The number of carboxylic acid groups (broad SMARTS) is 1. The molecule has 0 spiro atoms. The number of hydrogen-bond donors (Lipinski definition) is 2. The molecule has 0 aromatic heterocycles. The fourth-order valence-electron chi connectivity index (χ4n) is 3.18. The Morgan fingerprint density at radius 1 is 1.06 bits per heavy atom. The number of carbonyl (C=O) groups excluding carboxylic acids is 1. The maximum Gasteiger partial charge on any atom is 0.416 e. The highest BCUT2D eigenvalue weighted by Gasteiger charge is 2.34. The lowest BCUT2D eigenvalue weighted by atomic mass is 9.97. The number of alkyl halides is 3. The number of halogens is 4. The Morgan fingerprint density at radius 3 is 2.36 bits per heavy atom. The number of nitrogens with one attached hydrogen (secondary N) is 1. The van der Waals surface area contributed by atoms with E-state index in [9.17, 15) is 32.3 Å². The van der Waals surface area contributed by atoms with Crippen LogP contribution in [0, 0.1) is 5.82 Å². The lowest BCUT2D eigenvalue weighted by Gasteiger charge is -2.25. The first kappa shape index (κ1) is 24.0. The summed E-state index contributed by atoms with van der Waals surface area (Å²) in [6.07, 6.45) is -4.56. The SMILES string of the molecule is CC[C@](C)(NC(=O)c1ccc2ccccc2c1OCc1ccc(C(F)(F)F)cc1F)C(=O)O. The summed E-state index contributed by atoms with van der Waals surface area (Å²) >= 11 is 0. The normalized spacial score (nSPS) is 13.4. The molecule has 1 atom stereocenters. The highest BCUT2D eigenvalue weighted by molar-refractivity contribution is 6.05. The van der Waals surface area contributed by atoms with Gasteiger partial charge in [0.1, 0.15) is 23.7 Å². The molecule has 0 fully saturated rings. The Labute approximate surface area is 187 Å². The third kappa shape index (κ3) is 5.08. The van der Waals surface area contributed by atoms with Crippen LogP contribution in [-0.2, 0) is 17.6 Å². The first-order valence-electron chi connectivity index (χ1n) is 10.0. The zero-order valence-corrected chi connectivity index (χ0v) is 17.8. The molecule has 0 bridgehead atoms. The van der Waals surface area contributed by atoms with E-state index >= 15 is 0 Å². The van der Waals surface area contributed by atoms with Gasteiger partial charge in [-0.15, -0.1) is 0 Å². The molecule has 3 aromatic rings. The second kappa shape index (κ2) is 9.09. The van der Waals surface area contributed by atoms with Crippen molar-refractivity contribution >= 4 is 22.6 Å². The van der Waals surface area contributed by atoms with Crippen LogP contribution in [0.5, 0.6) is 5.75 Å². The maximum atomic E-state index is 14.3. The van der Waals surface area contributed by atoms with Gasteiger partial charge in [-0.05, 0) is 36.9 Å². The number of hydrogen-bond acceptors (Lipinski definition) is 3. The number of amides is 1. The van der Waals surface area contributed by atoms with Gasteiger partial charge in [-0.2, -0.15) is 13.2 Å². The predicted octanol–water partition coefficient (Wildman–Crippen LogP) is 5.56. The van der Waals surface area contributed by atoms with Gasteiger partial charge in [-0.25, -0.2) is 9.18 Å². The quantitative estimate of drug-likeness (QED) is 0.450. The maximum absolute atomic E-state index is 14.3. The Kier molecular flexibility index (Phi) is 6.62. The van der Waals surface area contributed by atoms with Gasteiger partial charge in [0.25, 0.3) is 5.91 Å². The van der Waals surface area contributed by atoms with Gasteiger partial charge in [0.2, 0.25) is 0 Å². The lowest BCUT2D eigenvalue weighted by molar-refractivity contribution is -0.144. The topological polar surface area (TPSA) is 75.6 Å². The molecule has 0 unspecified atom stereocenters. The van der Waals surface area contributed by atoms with E-state index in [1.807, 2.05) is 0 Å². The molecule has 0 heterocycles. The van der Waals surface area contributed by atoms with E-state index in [2.05, 4.69) is 5.32 Å². The second-order valence-corrected chi connectivity index (χ2v) is 7.70. The average molecular weight is 463 g/mol. The van der Waals surface area contributed by atoms with Crippen LogP contribution in [0.25, 0.3) is 10.8 Å². The number of aliphatic carboxylic acids is 1. The van der Waals surface area contributed by atoms with Gasteiger partial charge in [0.05, 0.1) is 11.1 Å². The molecule has 1 amide bonds. The minimum Gasteiger partial charge on any atom is -0.487 e. The van der Waals surface area contributed by atoms with Crippen LogP contribution in [0.15, 0.2) is 54.6 Å². The Hall–Kier alpha value is -3.62. The lowest BCUT2D eigenvalue weighted by Crippen LogP contribution is -2.51. The Morgan fingerprint density at radius 2 is 1.76 bits per heavy atom. The number of benzene rings is 3. The van der Waals surface area contributed by atoms with E-state index in [0.29, 0.717) is 16.8 Å². The van der Waals surface area contributed by atoms with Crippen LogP contribution in [0.3, 0.4) is 0 Å². The van der Waals surface area contributed by atoms with Gasteiger partial charge < -0.3 is 15.2 Å². The fraction of sp³-hybridized carbons (Fsp3) is 0.250. The summed E-state index contributed by atoms with van der Waals surface area (Å²) in [5, 5.41) is 13.2. The molecule has 0 saturated heterocycles. The van der Waals surface area contributed by atoms with Crippen LogP contribution in [0.1, 0.15) is 41.8 Å². The van der Waals surface area contributed by atoms with E-state index in [-0.39, 0.29) is 23.3 Å². The van der Waals surface area contributed by atoms with E-state index in [4.69, 9.17) is 4.74 Å². The molecule has 0 aliphatic heterocycles. The van der Waals surface area contributed by atoms with Crippen molar-refractivity contribution in [3.63, 3.8) is 0 Å². The van der Waals surface area contributed by atoms with Gasteiger partial charge in [-0.3, -0.25) is 4.79 Å². The van der Waals surface area contributed by atoms with Crippen LogP contribution in [0.2, 0.25) is 0 Å². The zero-order valence-electron chi connectivity index (χ0n) is 17.8. The average Bonchev–Trinajstić information content (AvgIpc) is 2.76. The van der Waals surface area contributed by atoms with E-state index < -0.39 is 41.6 Å². The van der Waals surface area contributed by atoms with Crippen molar-refractivity contribution in [2.24, 2.45) is 0 Å². The summed E-state index contributed by atoms with van der Waals surface area (Å²) in [4.78, 5) is 24.6. The summed E-state index contributed by atoms with van der Waals surface area (Å²) < 4.78 is 58.4. The van der Waals surface area contributed by atoms with Crippen LogP contribution in [0.4, 0.5) is 17.6 Å². The highest BCUT2D eigenvalue weighted by atomic mass is 19.4. The largest absolute Gasteiger partial charge is 0.487 e. The van der Waals surface area contributed by atoms with Gasteiger partial charge in [-0.1, -0.05) is 43.3 Å². The van der Waals surface area contributed by atoms with Gasteiger partial charge in [0.15, 0.2) is 0 Å². The highest BCUT2D eigenvalue weighted by Crippen LogP contribution is 2.33. The molecule has 5 nitrogen and oxygen atoms in total. The molecule has 0 radical (unpaired) electrons. The van der Waals surface area contributed by atoms with Crippen molar-refractivity contribution < 1.29 is 37.0 Å². The first-order chi connectivity index (χ1) is 15.5. The second-order valence-electron chi connectivity index (χ2n) is 7.70.